The monoisotopic (exact) mass is 414 g/mol. The number of nitrogens with zero attached hydrogens (tertiary/aromatic N) is 2. The Morgan fingerprint density at radius 3 is 2.22 bits per heavy atom. The van der Waals surface area contributed by atoms with Crippen molar-refractivity contribution in [2.24, 2.45) is 4.99 Å². The molecule has 0 atom stereocenters. The van der Waals surface area contributed by atoms with Gasteiger partial charge in [-0.1, -0.05) is 17.7 Å². The van der Waals surface area contributed by atoms with E-state index in [4.69, 9.17) is 0 Å². The van der Waals surface area contributed by atoms with Gasteiger partial charge in [-0.05, 0) is 85.8 Å². The summed E-state index contributed by atoms with van der Waals surface area (Å²) in [5.74, 6) is 0. The minimum atomic E-state index is 0.981. The van der Waals surface area contributed by atoms with Crippen LogP contribution in [0.25, 0.3) is 5.69 Å². The fraction of sp³-hybridized carbons (Fsp3) is 0.150. The van der Waals surface area contributed by atoms with Crippen LogP contribution in [-0.2, 0) is 0 Å². The third kappa shape index (κ3) is 3.55. The lowest BCUT2D eigenvalue weighted by Gasteiger charge is -2.09. The SMILES string of the molecule is Cc1ccc(N=Cc2cc(C)n(-c3ccc(I)cc3)c2C)cc1. The molecule has 0 saturated carbocycles. The van der Waals surface area contributed by atoms with Gasteiger partial charge in [-0.15, -0.1) is 0 Å². The second kappa shape index (κ2) is 6.71. The molecule has 0 aliphatic carbocycles. The molecule has 3 heteroatoms. The van der Waals surface area contributed by atoms with Gasteiger partial charge in [0.05, 0.1) is 5.69 Å². The second-order valence-corrected chi connectivity index (χ2v) is 6.98. The Morgan fingerprint density at radius 2 is 1.57 bits per heavy atom. The molecule has 0 radical (unpaired) electrons. The Hall–Kier alpha value is -1.88. The molecule has 1 heterocycles. The highest BCUT2D eigenvalue weighted by molar-refractivity contribution is 14.1. The van der Waals surface area contributed by atoms with Crippen molar-refractivity contribution in [3.05, 3.63) is 80.7 Å². The zero-order chi connectivity index (χ0) is 16.4. The standard InChI is InChI=1S/C20H19IN2/c1-14-4-8-19(9-5-14)22-13-17-12-15(2)23(16(17)3)20-10-6-18(21)7-11-20/h4-13H,1-3H3. The van der Waals surface area contributed by atoms with E-state index in [2.05, 4.69) is 95.4 Å². The Kier molecular flexibility index (Phi) is 4.66. The quantitative estimate of drug-likeness (QED) is 0.383. The summed E-state index contributed by atoms with van der Waals surface area (Å²) in [7, 11) is 0. The summed E-state index contributed by atoms with van der Waals surface area (Å²) in [6, 6.07) is 19.0. The van der Waals surface area contributed by atoms with E-state index in [9.17, 15) is 0 Å². The van der Waals surface area contributed by atoms with Gasteiger partial charge in [0.15, 0.2) is 0 Å². The van der Waals surface area contributed by atoms with Crippen LogP contribution in [0.1, 0.15) is 22.5 Å². The molecule has 23 heavy (non-hydrogen) atoms. The summed E-state index contributed by atoms with van der Waals surface area (Å²) in [5, 5.41) is 0. The van der Waals surface area contributed by atoms with Crippen LogP contribution >= 0.6 is 22.6 Å². The zero-order valence-electron chi connectivity index (χ0n) is 13.5. The largest absolute Gasteiger partial charge is 0.318 e. The van der Waals surface area contributed by atoms with Gasteiger partial charge in [0.2, 0.25) is 0 Å². The van der Waals surface area contributed by atoms with Crippen LogP contribution in [0.4, 0.5) is 5.69 Å². The number of halogens is 1. The number of aliphatic imine (C=N–C) groups is 1. The van der Waals surface area contributed by atoms with E-state index < -0.39 is 0 Å². The first-order valence-electron chi connectivity index (χ1n) is 7.60. The summed E-state index contributed by atoms with van der Waals surface area (Å²) in [6.45, 7) is 6.36. The molecule has 3 aromatic rings. The van der Waals surface area contributed by atoms with Crippen molar-refractivity contribution in [2.45, 2.75) is 20.8 Å². The van der Waals surface area contributed by atoms with Gasteiger partial charge in [-0.2, -0.15) is 0 Å². The molecule has 0 spiro atoms. The highest BCUT2D eigenvalue weighted by atomic mass is 127. The maximum atomic E-state index is 4.60. The summed E-state index contributed by atoms with van der Waals surface area (Å²) < 4.78 is 3.52. The zero-order valence-corrected chi connectivity index (χ0v) is 15.7. The van der Waals surface area contributed by atoms with Gasteiger partial charge >= 0.3 is 0 Å². The number of hydrogen-bond acceptors (Lipinski definition) is 1. The predicted molar refractivity (Wildman–Crippen MR) is 106 cm³/mol. The minimum absolute atomic E-state index is 0.981. The summed E-state index contributed by atoms with van der Waals surface area (Å²) >= 11 is 2.33. The van der Waals surface area contributed by atoms with Crippen LogP contribution in [0.5, 0.6) is 0 Å². The van der Waals surface area contributed by atoms with E-state index in [0.29, 0.717) is 0 Å². The van der Waals surface area contributed by atoms with E-state index >= 15 is 0 Å². The van der Waals surface area contributed by atoms with Crippen LogP contribution < -0.4 is 0 Å². The average molecular weight is 414 g/mol. The maximum absolute atomic E-state index is 4.60. The van der Waals surface area contributed by atoms with Crippen molar-refractivity contribution in [3.63, 3.8) is 0 Å². The van der Waals surface area contributed by atoms with Gasteiger partial charge in [0.25, 0.3) is 0 Å². The molecule has 0 fully saturated rings. The van der Waals surface area contributed by atoms with Crippen LogP contribution in [0.15, 0.2) is 59.6 Å². The highest BCUT2D eigenvalue weighted by Gasteiger charge is 2.09. The van der Waals surface area contributed by atoms with E-state index in [1.165, 1.54) is 26.2 Å². The molecule has 0 unspecified atom stereocenters. The van der Waals surface area contributed by atoms with Gasteiger partial charge in [-0.3, -0.25) is 4.99 Å². The Balaban J connectivity index is 1.94. The third-order valence-corrected chi connectivity index (χ3v) is 4.66. The number of aromatic nitrogens is 1. The molecule has 0 aliphatic heterocycles. The Morgan fingerprint density at radius 1 is 0.913 bits per heavy atom. The van der Waals surface area contributed by atoms with Gasteiger partial charge < -0.3 is 4.57 Å². The number of rotatable bonds is 3. The highest BCUT2D eigenvalue weighted by Crippen LogP contribution is 2.21. The van der Waals surface area contributed by atoms with Crippen molar-refractivity contribution >= 4 is 34.5 Å². The topological polar surface area (TPSA) is 17.3 Å². The third-order valence-electron chi connectivity index (χ3n) is 3.94. The molecule has 2 aromatic carbocycles. The van der Waals surface area contributed by atoms with Crippen LogP contribution in [0.3, 0.4) is 0 Å². The number of hydrogen-bond donors (Lipinski definition) is 0. The fourth-order valence-electron chi connectivity index (χ4n) is 2.68. The molecule has 0 bridgehead atoms. The predicted octanol–water partition coefficient (Wildman–Crippen LogP) is 5.76. The molecular formula is C20H19IN2. The van der Waals surface area contributed by atoms with Gasteiger partial charge in [-0.25, -0.2) is 0 Å². The van der Waals surface area contributed by atoms with E-state index in [1.54, 1.807) is 0 Å². The molecule has 116 valence electrons. The fourth-order valence-corrected chi connectivity index (χ4v) is 3.04. The van der Waals surface area contributed by atoms with Gasteiger partial charge in [0, 0.05) is 32.4 Å². The van der Waals surface area contributed by atoms with Crippen molar-refractivity contribution in [2.75, 3.05) is 0 Å². The van der Waals surface area contributed by atoms with Crippen molar-refractivity contribution < 1.29 is 0 Å². The summed E-state index contributed by atoms with van der Waals surface area (Å²) in [5.41, 5.74) is 7.00. The molecule has 0 amide bonds. The first-order valence-corrected chi connectivity index (χ1v) is 8.68. The lowest BCUT2D eigenvalue weighted by molar-refractivity contribution is 0.964. The molecule has 0 N–H and O–H groups in total. The molecule has 1 aromatic heterocycles. The Labute approximate surface area is 151 Å². The van der Waals surface area contributed by atoms with E-state index in [1.807, 2.05) is 18.3 Å². The molecule has 3 rings (SSSR count). The molecule has 0 saturated heterocycles. The summed E-state index contributed by atoms with van der Waals surface area (Å²) in [6.07, 6.45) is 1.95. The first kappa shape index (κ1) is 16.0. The second-order valence-electron chi connectivity index (χ2n) is 5.73. The number of benzene rings is 2. The van der Waals surface area contributed by atoms with Crippen LogP contribution in [0, 0.1) is 24.3 Å². The Bertz CT molecular complexity index is 841. The number of aryl methyl sites for hydroxylation is 2. The lowest BCUT2D eigenvalue weighted by Crippen LogP contribution is -1.99. The normalized spacial score (nSPS) is 11.3. The van der Waals surface area contributed by atoms with Gasteiger partial charge in [0.1, 0.15) is 0 Å². The first-order chi connectivity index (χ1) is 11.0. The van der Waals surface area contributed by atoms with E-state index in [-0.39, 0.29) is 0 Å². The van der Waals surface area contributed by atoms with E-state index in [0.717, 1.165) is 11.3 Å². The molecule has 0 aliphatic rings. The maximum Gasteiger partial charge on any atom is 0.0630 e. The van der Waals surface area contributed by atoms with Crippen molar-refractivity contribution in [1.29, 1.82) is 0 Å². The smallest absolute Gasteiger partial charge is 0.0630 e. The molecule has 2 nitrogen and oxygen atoms in total. The summed E-state index contributed by atoms with van der Waals surface area (Å²) in [4.78, 5) is 4.60. The van der Waals surface area contributed by atoms with Crippen molar-refractivity contribution in [3.8, 4) is 5.69 Å². The van der Waals surface area contributed by atoms with Crippen LogP contribution in [0.2, 0.25) is 0 Å². The minimum Gasteiger partial charge on any atom is -0.318 e. The molecular weight excluding hydrogens is 395 g/mol. The lowest BCUT2D eigenvalue weighted by atomic mass is 10.2. The van der Waals surface area contributed by atoms with Crippen molar-refractivity contribution in [1.82, 2.24) is 4.57 Å². The average Bonchev–Trinajstić information content (AvgIpc) is 2.82. The van der Waals surface area contributed by atoms with Crippen LogP contribution in [-0.4, -0.2) is 10.8 Å².